The molecule has 2 aliphatic rings. The monoisotopic (exact) mass is 319 g/mol. The number of aromatic nitrogens is 1. The zero-order valence-corrected chi connectivity index (χ0v) is 12.6. The van der Waals surface area contributed by atoms with E-state index in [1.165, 1.54) is 13.1 Å². The van der Waals surface area contributed by atoms with Crippen molar-refractivity contribution >= 4 is 44.2 Å². The van der Waals surface area contributed by atoms with E-state index in [2.05, 4.69) is 10.3 Å². The molecule has 2 saturated heterocycles. The van der Waals surface area contributed by atoms with Crippen LogP contribution >= 0.6 is 23.1 Å². The van der Waals surface area contributed by atoms with Crippen LogP contribution < -0.4 is 5.32 Å². The molecule has 2 atom stereocenters. The summed E-state index contributed by atoms with van der Waals surface area (Å²) in [5.74, 6) is 0.622. The van der Waals surface area contributed by atoms with E-state index in [-0.39, 0.29) is 16.2 Å². The highest BCUT2D eigenvalue weighted by atomic mass is 32.2. The molecule has 1 aromatic heterocycles. The van der Waals surface area contributed by atoms with Gasteiger partial charge >= 0.3 is 0 Å². The Morgan fingerprint density at radius 3 is 2.95 bits per heavy atom. The number of nitrogens with one attached hydrogen (secondary N) is 1. The number of sulfonamides is 1. The summed E-state index contributed by atoms with van der Waals surface area (Å²) in [6.07, 6.45) is 2.27. The van der Waals surface area contributed by atoms with E-state index in [9.17, 15) is 13.2 Å². The van der Waals surface area contributed by atoms with Crippen molar-refractivity contribution in [3.05, 3.63) is 6.20 Å². The number of hydrogen-bond acceptors (Lipinski definition) is 6. The molecule has 2 unspecified atom stereocenters. The minimum Gasteiger partial charge on any atom is -0.302 e. The van der Waals surface area contributed by atoms with Crippen LogP contribution in [0.4, 0.5) is 5.13 Å². The number of thiazole rings is 1. The van der Waals surface area contributed by atoms with E-state index in [1.54, 1.807) is 4.31 Å². The van der Waals surface area contributed by atoms with Crippen molar-refractivity contribution < 1.29 is 13.2 Å². The van der Waals surface area contributed by atoms with Crippen LogP contribution in [0.1, 0.15) is 13.3 Å². The fourth-order valence-corrected chi connectivity index (χ4v) is 6.87. The van der Waals surface area contributed by atoms with Crippen molar-refractivity contribution in [2.45, 2.75) is 28.8 Å². The van der Waals surface area contributed by atoms with Crippen LogP contribution in [0.3, 0.4) is 0 Å². The molecule has 19 heavy (non-hydrogen) atoms. The lowest BCUT2D eigenvalue weighted by atomic mass is 10.3. The molecule has 1 N–H and O–H groups in total. The van der Waals surface area contributed by atoms with E-state index in [0.29, 0.717) is 16.9 Å². The van der Waals surface area contributed by atoms with Crippen LogP contribution in [0.25, 0.3) is 0 Å². The Balaban J connectivity index is 1.84. The van der Waals surface area contributed by atoms with Gasteiger partial charge in [-0.1, -0.05) is 11.3 Å². The van der Waals surface area contributed by atoms with Crippen LogP contribution in [0.5, 0.6) is 0 Å². The average molecular weight is 319 g/mol. The first-order valence-electron chi connectivity index (χ1n) is 5.83. The molecular weight excluding hydrogens is 306 g/mol. The topological polar surface area (TPSA) is 79.4 Å². The second-order valence-electron chi connectivity index (χ2n) is 4.59. The summed E-state index contributed by atoms with van der Waals surface area (Å²) in [5, 5.41) is 3.26. The molecule has 0 saturated carbocycles. The molecular formula is C10H13N3O3S3. The zero-order chi connectivity index (χ0) is 13.6. The SMILES string of the molecule is CC(=O)Nc1ncc(S(=O)(=O)N2CC3CC2CS3)s1. The predicted octanol–water partition coefficient (Wildman–Crippen LogP) is 0.980. The van der Waals surface area contributed by atoms with Gasteiger partial charge in [-0.15, -0.1) is 0 Å². The number of fused-ring (bicyclic) bond motifs is 2. The number of carbonyl (C=O) groups excluding carboxylic acids is 1. The molecule has 3 heterocycles. The third kappa shape index (κ3) is 2.39. The summed E-state index contributed by atoms with van der Waals surface area (Å²) in [7, 11) is -3.46. The summed E-state index contributed by atoms with van der Waals surface area (Å²) >= 11 is 2.85. The standard InChI is InChI=1S/C10H13N3O3S3/c1-6(14)12-10-11-3-9(18-10)19(15,16)13-4-8-2-7(13)5-17-8/h3,7-8H,2,4-5H2,1H3,(H,11,12,14). The molecule has 104 valence electrons. The molecule has 9 heteroatoms. The Labute approximate surface area is 119 Å². The lowest BCUT2D eigenvalue weighted by Crippen LogP contribution is -2.38. The van der Waals surface area contributed by atoms with E-state index < -0.39 is 10.0 Å². The average Bonchev–Trinajstić information content (AvgIpc) is 3.02. The first kappa shape index (κ1) is 13.3. The van der Waals surface area contributed by atoms with Gasteiger partial charge in [-0.2, -0.15) is 16.1 Å². The Morgan fingerprint density at radius 2 is 2.37 bits per heavy atom. The number of thioether (sulfide) groups is 1. The van der Waals surface area contributed by atoms with E-state index >= 15 is 0 Å². The molecule has 0 radical (unpaired) electrons. The molecule has 0 spiro atoms. The molecule has 0 aliphatic carbocycles. The van der Waals surface area contributed by atoms with Crippen LogP contribution in [0, 0.1) is 0 Å². The number of hydrogen-bond donors (Lipinski definition) is 1. The van der Waals surface area contributed by atoms with Crippen molar-refractivity contribution in [3.8, 4) is 0 Å². The molecule has 6 nitrogen and oxygen atoms in total. The first-order valence-corrected chi connectivity index (χ1v) is 9.14. The van der Waals surface area contributed by atoms with Crippen molar-refractivity contribution in [1.82, 2.24) is 9.29 Å². The minimum absolute atomic E-state index is 0.117. The Kier molecular flexibility index (Phi) is 3.32. The molecule has 0 aromatic carbocycles. The Hall–Kier alpha value is -0.640. The molecule has 2 bridgehead atoms. The molecule has 3 rings (SSSR count). The van der Waals surface area contributed by atoms with Crippen molar-refractivity contribution in [3.63, 3.8) is 0 Å². The van der Waals surface area contributed by atoms with E-state index in [0.717, 1.165) is 23.5 Å². The number of carbonyl (C=O) groups is 1. The summed E-state index contributed by atoms with van der Waals surface area (Å²) in [6, 6.07) is 0.117. The quantitative estimate of drug-likeness (QED) is 0.898. The summed E-state index contributed by atoms with van der Waals surface area (Å²) in [6.45, 7) is 1.96. The third-order valence-electron chi connectivity index (χ3n) is 3.18. The van der Waals surface area contributed by atoms with Crippen LogP contribution in [-0.4, -0.2) is 47.2 Å². The lowest BCUT2D eigenvalue weighted by molar-refractivity contribution is -0.114. The molecule has 2 fully saturated rings. The molecule has 1 amide bonds. The zero-order valence-electron chi connectivity index (χ0n) is 10.2. The fourth-order valence-electron chi connectivity index (χ4n) is 2.36. The fraction of sp³-hybridized carbons (Fsp3) is 0.600. The lowest BCUT2D eigenvalue weighted by Gasteiger charge is -2.24. The van der Waals surface area contributed by atoms with Crippen LogP contribution in [-0.2, 0) is 14.8 Å². The summed E-state index contributed by atoms with van der Waals surface area (Å²) in [4.78, 5) is 14.9. The number of rotatable bonds is 3. The van der Waals surface area contributed by atoms with Gasteiger partial charge in [0.05, 0.1) is 6.20 Å². The number of amides is 1. The van der Waals surface area contributed by atoms with Gasteiger partial charge < -0.3 is 5.32 Å². The maximum absolute atomic E-state index is 12.5. The number of nitrogens with zero attached hydrogens (tertiary/aromatic N) is 2. The van der Waals surface area contributed by atoms with Crippen molar-refractivity contribution in [2.24, 2.45) is 0 Å². The van der Waals surface area contributed by atoms with Gasteiger partial charge in [-0.3, -0.25) is 4.79 Å². The largest absolute Gasteiger partial charge is 0.302 e. The second-order valence-corrected chi connectivity index (χ2v) is 9.07. The highest BCUT2D eigenvalue weighted by Gasteiger charge is 2.45. The smallest absolute Gasteiger partial charge is 0.254 e. The Morgan fingerprint density at radius 1 is 1.58 bits per heavy atom. The third-order valence-corrected chi connectivity index (χ3v) is 7.84. The van der Waals surface area contributed by atoms with E-state index in [1.807, 2.05) is 11.8 Å². The van der Waals surface area contributed by atoms with Crippen molar-refractivity contribution in [1.29, 1.82) is 0 Å². The molecule has 1 aromatic rings. The summed E-state index contributed by atoms with van der Waals surface area (Å²) < 4.78 is 26.8. The van der Waals surface area contributed by atoms with Gasteiger partial charge in [0.15, 0.2) is 9.34 Å². The van der Waals surface area contributed by atoms with Gasteiger partial charge in [-0.25, -0.2) is 13.4 Å². The second kappa shape index (κ2) is 4.72. The number of anilines is 1. The molecule has 2 aliphatic heterocycles. The van der Waals surface area contributed by atoms with Gasteiger partial charge in [0.25, 0.3) is 10.0 Å². The van der Waals surface area contributed by atoms with Gasteiger partial charge in [0, 0.05) is 30.5 Å². The van der Waals surface area contributed by atoms with Gasteiger partial charge in [0.1, 0.15) is 0 Å². The maximum Gasteiger partial charge on any atom is 0.254 e. The summed E-state index contributed by atoms with van der Waals surface area (Å²) in [5.41, 5.74) is 0. The highest BCUT2D eigenvalue weighted by molar-refractivity contribution is 8.00. The predicted molar refractivity (Wildman–Crippen MR) is 75.0 cm³/mol. The van der Waals surface area contributed by atoms with E-state index in [4.69, 9.17) is 0 Å². The first-order chi connectivity index (χ1) is 8.96. The minimum atomic E-state index is -3.46. The van der Waals surface area contributed by atoms with Crippen LogP contribution in [0.2, 0.25) is 0 Å². The van der Waals surface area contributed by atoms with Gasteiger partial charge in [-0.05, 0) is 6.42 Å². The van der Waals surface area contributed by atoms with Gasteiger partial charge in [0.2, 0.25) is 5.91 Å². The normalized spacial score (nSPS) is 26.8. The van der Waals surface area contributed by atoms with Crippen molar-refractivity contribution in [2.75, 3.05) is 17.6 Å². The van der Waals surface area contributed by atoms with Crippen LogP contribution in [0.15, 0.2) is 10.4 Å². The Bertz CT molecular complexity index is 613. The highest BCUT2D eigenvalue weighted by Crippen LogP contribution is 2.41. The maximum atomic E-state index is 12.5.